The highest BCUT2D eigenvalue weighted by atomic mass is 35.5. The van der Waals surface area contributed by atoms with E-state index in [4.69, 9.17) is 11.6 Å². The number of nitrogens with zero attached hydrogens (tertiary/aromatic N) is 2. The van der Waals surface area contributed by atoms with Crippen LogP contribution in [0.1, 0.15) is 11.1 Å². The molecule has 1 N–H and O–H groups in total. The third-order valence-corrected chi connectivity index (χ3v) is 5.70. The Balaban J connectivity index is 1.48. The number of thiazole rings is 1. The Kier molecular flexibility index (Phi) is 6.44. The monoisotopic (exact) mass is 401 g/mol. The van der Waals surface area contributed by atoms with Crippen LogP contribution in [0.5, 0.6) is 0 Å². The van der Waals surface area contributed by atoms with E-state index in [9.17, 15) is 4.79 Å². The maximum atomic E-state index is 11.9. The van der Waals surface area contributed by atoms with Crippen LogP contribution in [0.25, 0.3) is 11.3 Å². The molecule has 0 aliphatic carbocycles. The van der Waals surface area contributed by atoms with Crippen LogP contribution in [0.15, 0.2) is 63.4 Å². The molecule has 0 atom stereocenters. The van der Waals surface area contributed by atoms with Crippen LogP contribution in [0.3, 0.4) is 0 Å². The second kappa shape index (κ2) is 8.98. The molecular formula is C19H16ClN3OS2. The summed E-state index contributed by atoms with van der Waals surface area (Å²) in [5.74, 6) is 0.0975. The smallest absolute Gasteiger partial charge is 0.250 e. The number of aryl methyl sites for hydroxylation is 1. The molecule has 1 aromatic heterocycles. The molecule has 0 aliphatic rings. The molecule has 132 valence electrons. The molecule has 2 aromatic carbocycles. The number of thioether (sulfide) groups is 1. The summed E-state index contributed by atoms with van der Waals surface area (Å²) in [5.41, 5.74) is 6.54. The summed E-state index contributed by atoms with van der Waals surface area (Å²) in [7, 11) is 0. The van der Waals surface area contributed by atoms with Crippen LogP contribution < -0.4 is 5.43 Å². The molecule has 0 unspecified atom stereocenters. The second-order valence-corrected chi connectivity index (χ2v) is 8.02. The van der Waals surface area contributed by atoms with Crippen LogP contribution in [0, 0.1) is 6.92 Å². The quantitative estimate of drug-likeness (QED) is 0.358. The van der Waals surface area contributed by atoms with Gasteiger partial charge in [0.1, 0.15) is 0 Å². The van der Waals surface area contributed by atoms with Gasteiger partial charge in [-0.3, -0.25) is 4.79 Å². The summed E-state index contributed by atoms with van der Waals surface area (Å²) >= 11 is 8.80. The van der Waals surface area contributed by atoms with Gasteiger partial charge in [-0.1, -0.05) is 65.3 Å². The van der Waals surface area contributed by atoms with Crippen molar-refractivity contribution in [1.29, 1.82) is 0 Å². The summed E-state index contributed by atoms with van der Waals surface area (Å²) in [5, 5.41) is 6.64. The van der Waals surface area contributed by atoms with Gasteiger partial charge in [0.05, 0.1) is 17.7 Å². The van der Waals surface area contributed by atoms with Gasteiger partial charge < -0.3 is 0 Å². The number of hydrogen-bond donors (Lipinski definition) is 1. The number of carbonyl (C=O) groups excluding carboxylic acids is 1. The molecule has 1 amide bonds. The van der Waals surface area contributed by atoms with E-state index >= 15 is 0 Å². The normalized spacial score (nSPS) is 11.0. The maximum Gasteiger partial charge on any atom is 0.250 e. The van der Waals surface area contributed by atoms with E-state index < -0.39 is 0 Å². The van der Waals surface area contributed by atoms with Gasteiger partial charge in [0.15, 0.2) is 4.34 Å². The second-order valence-electron chi connectivity index (χ2n) is 5.50. The van der Waals surface area contributed by atoms with Gasteiger partial charge in [0, 0.05) is 16.0 Å². The van der Waals surface area contributed by atoms with Crippen molar-refractivity contribution in [2.75, 3.05) is 5.75 Å². The number of halogens is 1. The molecule has 4 nitrogen and oxygen atoms in total. The summed E-state index contributed by atoms with van der Waals surface area (Å²) in [4.78, 5) is 16.4. The number of carbonyl (C=O) groups is 1. The fourth-order valence-electron chi connectivity index (χ4n) is 2.07. The Labute approximate surface area is 165 Å². The number of hydrazone groups is 1. The molecule has 3 aromatic rings. The van der Waals surface area contributed by atoms with Gasteiger partial charge in [0.2, 0.25) is 0 Å². The zero-order valence-corrected chi connectivity index (χ0v) is 16.4. The highest BCUT2D eigenvalue weighted by Crippen LogP contribution is 2.28. The van der Waals surface area contributed by atoms with Crippen molar-refractivity contribution in [3.63, 3.8) is 0 Å². The molecule has 26 heavy (non-hydrogen) atoms. The van der Waals surface area contributed by atoms with Crippen molar-refractivity contribution in [2.45, 2.75) is 11.3 Å². The Hall–Kier alpha value is -2.15. The van der Waals surface area contributed by atoms with Gasteiger partial charge in [-0.15, -0.1) is 11.3 Å². The number of benzene rings is 2. The molecule has 1 heterocycles. The van der Waals surface area contributed by atoms with Crippen LogP contribution in [0.2, 0.25) is 5.02 Å². The lowest BCUT2D eigenvalue weighted by Crippen LogP contribution is -2.19. The molecule has 0 fully saturated rings. The predicted molar refractivity (Wildman–Crippen MR) is 110 cm³/mol. The summed E-state index contributed by atoms with van der Waals surface area (Å²) < 4.78 is 0.840. The van der Waals surface area contributed by atoms with Crippen LogP contribution >= 0.6 is 34.7 Å². The first-order valence-electron chi connectivity index (χ1n) is 7.83. The lowest BCUT2D eigenvalue weighted by Gasteiger charge is -1.99. The van der Waals surface area contributed by atoms with Gasteiger partial charge in [-0.05, 0) is 24.6 Å². The van der Waals surface area contributed by atoms with Crippen LogP contribution in [-0.4, -0.2) is 22.9 Å². The molecule has 3 rings (SSSR count). The first-order chi connectivity index (χ1) is 12.6. The van der Waals surface area contributed by atoms with Gasteiger partial charge in [-0.2, -0.15) is 5.10 Å². The topological polar surface area (TPSA) is 54.4 Å². The molecule has 0 saturated carbocycles. The fraction of sp³-hybridized carbons (Fsp3) is 0.105. The predicted octanol–water partition coefficient (Wildman–Crippen LogP) is 5.01. The van der Waals surface area contributed by atoms with E-state index in [1.165, 1.54) is 28.7 Å². The fourth-order valence-corrected chi connectivity index (χ4v) is 3.82. The Morgan fingerprint density at radius 3 is 2.69 bits per heavy atom. The minimum absolute atomic E-state index is 0.165. The molecular weight excluding hydrogens is 386 g/mol. The van der Waals surface area contributed by atoms with E-state index in [-0.39, 0.29) is 11.7 Å². The third kappa shape index (κ3) is 5.42. The standard InChI is InChI=1S/C19H16ClN3OS2/c1-13-2-4-14(5-3-13)10-21-23-18(24)12-26-19-22-17(11-25-19)15-6-8-16(20)9-7-15/h2-11H,12H2,1H3,(H,23,24)/b21-10-. The number of aromatic nitrogens is 1. The first-order valence-corrected chi connectivity index (χ1v) is 10.1. The van der Waals surface area contributed by atoms with E-state index in [0.29, 0.717) is 5.02 Å². The van der Waals surface area contributed by atoms with Gasteiger partial charge >= 0.3 is 0 Å². The highest BCUT2D eigenvalue weighted by Gasteiger charge is 2.07. The average Bonchev–Trinajstić information content (AvgIpc) is 3.11. The van der Waals surface area contributed by atoms with Crippen molar-refractivity contribution in [2.24, 2.45) is 5.10 Å². The highest BCUT2D eigenvalue weighted by molar-refractivity contribution is 8.01. The van der Waals surface area contributed by atoms with E-state index in [2.05, 4.69) is 15.5 Å². The molecule has 0 radical (unpaired) electrons. The van der Waals surface area contributed by atoms with E-state index in [0.717, 1.165) is 21.2 Å². The lowest BCUT2D eigenvalue weighted by atomic mass is 10.2. The van der Waals surface area contributed by atoms with Crippen molar-refractivity contribution in [3.8, 4) is 11.3 Å². The van der Waals surface area contributed by atoms with E-state index in [1.807, 2.05) is 60.8 Å². The van der Waals surface area contributed by atoms with E-state index in [1.54, 1.807) is 6.21 Å². The number of rotatable bonds is 6. The van der Waals surface area contributed by atoms with Gasteiger partial charge in [-0.25, -0.2) is 10.4 Å². The summed E-state index contributed by atoms with van der Waals surface area (Å²) in [6, 6.07) is 15.4. The maximum absolute atomic E-state index is 11.9. The molecule has 0 spiro atoms. The molecule has 0 bridgehead atoms. The van der Waals surface area contributed by atoms with Crippen molar-refractivity contribution in [3.05, 3.63) is 70.1 Å². The Bertz CT molecular complexity index is 905. The zero-order chi connectivity index (χ0) is 18.4. The summed E-state index contributed by atoms with van der Waals surface area (Å²) in [6.07, 6.45) is 1.63. The Morgan fingerprint density at radius 2 is 1.96 bits per heavy atom. The van der Waals surface area contributed by atoms with Gasteiger partial charge in [0.25, 0.3) is 5.91 Å². The number of hydrogen-bond acceptors (Lipinski definition) is 5. The minimum atomic E-state index is -0.165. The average molecular weight is 402 g/mol. The summed E-state index contributed by atoms with van der Waals surface area (Å²) in [6.45, 7) is 2.02. The molecule has 0 saturated heterocycles. The SMILES string of the molecule is Cc1ccc(/C=N\NC(=O)CSc2nc(-c3ccc(Cl)cc3)cs2)cc1. The minimum Gasteiger partial charge on any atom is -0.272 e. The third-order valence-electron chi connectivity index (χ3n) is 3.43. The first kappa shape index (κ1) is 18.6. The van der Waals surface area contributed by atoms with Crippen molar-refractivity contribution in [1.82, 2.24) is 10.4 Å². The zero-order valence-electron chi connectivity index (χ0n) is 14.0. The van der Waals surface area contributed by atoms with Crippen molar-refractivity contribution < 1.29 is 4.79 Å². The Morgan fingerprint density at radius 1 is 1.23 bits per heavy atom. The largest absolute Gasteiger partial charge is 0.272 e. The van der Waals surface area contributed by atoms with Crippen LogP contribution in [0.4, 0.5) is 0 Å². The molecule has 0 aliphatic heterocycles. The number of nitrogens with one attached hydrogen (secondary N) is 1. The lowest BCUT2D eigenvalue weighted by molar-refractivity contribution is -0.118. The van der Waals surface area contributed by atoms with Crippen molar-refractivity contribution >= 4 is 46.8 Å². The number of amides is 1. The molecule has 7 heteroatoms. The van der Waals surface area contributed by atoms with Crippen LogP contribution in [-0.2, 0) is 4.79 Å².